The van der Waals surface area contributed by atoms with Gasteiger partial charge in [0.1, 0.15) is 11.6 Å². The van der Waals surface area contributed by atoms with Gasteiger partial charge < -0.3 is 20.9 Å². The van der Waals surface area contributed by atoms with Gasteiger partial charge in [0.05, 0.1) is 28.2 Å². The minimum absolute atomic E-state index is 0. The number of carboxylic acids is 1. The molecule has 5 N–H and O–H groups in total. The number of benzene rings is 2. The summed E-state index contributed by atoms with van der Waals surface area (Å²) in [5, 5.41) is 19.9. The standard InChI is InChI=1S/C22H18ClN3O3.ClH/c23-16-10-13(11-19(27)28)9-15(22(16)29)20-14(8-12-4-2-1-3-5-12)21-17(25-20)6-7-18(24)26-21;/h1-7,9-10,25,29H,8,11H2,(H2,24,26)(H,27,28);1H. The first-order valence-corrected chi connectivity index (χ1v) is 9.34. The van der Waals surface area contributed by atoms with E-state index in [-0.39, 0.29) is 29.6 Å². The van der Waals surface area contributed by atoms with Crippen molar-refractivity contribution in [1.29, 1.82) is 0 Å². The molecule has 2 heterocycles. The van der Waals surface area contributed by atoms with Crippen molar-refractivity contribution in [3.8, 4) is 17.0 Å². The number of H-pyrrole nitrogens is 1. The Hall–Kier alpha value is -3.22. The van der Waals surface area contributed by atoms with Crippen LogP contribution < -0.4 is 5.73 Å². The molecule has 4 rings (SSSR count). The fourth-order valence-corrected chi connectivity index (χ4v) is 3.70. The summed E-state index contributed by atoms with van der Waals surface area (Å²) in [6, 6.07) is 16.5. The highest BCUT2D eigenvalue weighted by Gasteiger charge is 2.20. The average molecular weight is 444 g/mol. The van der Waals surface area contributed by atoms with E-state index in [0.29, 0.717) is 34.6 Å². The van der Waals surface area contributed by atoms with Gasteiger partial charge >= 0.3 is 5.97 Å². The molecular formula is C22H19Cl2N3O3. The average Bonchev–Trinajstić information content (AvgIpc) is 3.02. The third kappa shape index (κ3) is 4.20. The topological polar surface area (TPSA) is 112 Å². The molecule has 0 amide bonds. The van der Waals surface area contributed by atoms with Crippen molar-refractivity contribution in [1.82, 2.24) is 9.97 Å². The third-order valence-electron chi connectivity index (χ3n) is 4.74. The van der Waals surface area contributed by atoms with Crippen LogP contribution in [0.1, 0.15) is 16.7 Å². The van der Waals surface area contributed by atoms with Crippen molar-refractivity contribution in [2.75, 3.05) is 5.73 Å². The number of nitrogen functional groups attached to an aromatic ring is 1. The van der Waals surface area contributed by atoms with Crippen LogP contribution in [0.3, 0.4) is 0 Å². The van der Waals surface area contributed by atoms with Crippen molar-refractivity contribution >= 4 is 46.8 Å². The number of aliphatic carboxylic acids is 1. The molecule has 30 heavy (non-hydrogen) atoms. The van der Waals surface area contributed by atoms with E-state index in [1.165, 1.54) is 6.07 Å². The van der Waals surface area contributed by atoms with Crippen LogP contribution in [0.15, 0.2) is 54.6 Å². The van der Waals surface area contributed by atoms with Gasteiger partial charge in [0.15, 0.2) is 0 Å². The molecule has 4 aromatic rings. The van der Waals surface area contributed by atoms with E-state index in [1.807, 2.05) is 36.4 Å². The molecule has 0 fully saturated rings. The summed E-state index contributed by atoms with van der Waals surface area (Å²) in [5.41, 5.74) is 10.8. The Morgan fingerprint density at radius 2 is 1.83 bits per heavy atom. The maximum absolute atomic E-state index is 11.2. The normalized spacial score (nSPS) is 10.7. The summed E-state index contributed by atoms with van der Waals surface area (Å²) < 4.78 is 0. The Morgan fingerprint density at radius 3 is 2.53 bits per heavy atom. The van der Waals surface area contributed by atoms with Crippen LogP contribution in [-0.4, -0.2) is 26.2 Å². The Morgan fingerprint density at radius 1 is 1.10 bits per heavy atom. The number of halogens is 2. The number of hydrogen-bond acceptors (Lipinski definition) is 4. The second kappa shape index (κ2) is 8.65. The van der Waals surface area contributed by atoms with Crippen molar-refractivity contribution in [3.05, 3.63) is 76.3 Å². The van der Waals surface area contributed by atoms with Crippen LogP contribution in [0, 0.1) is 0 Å². The van der Waals surface area contributed by atoms with E-state index >= 15 is 0 Å². The molecule has 2 aromatic carbocycles. The molecule has 0 unspecified atom stereocenters. The van der Waals surface area contributed by atoms with E-state index in [2.05, 4.69) is 9.97 Å². The highest BCUT2D eigenvalue weighted by Crippen LogP contribution is 2.40. The Labute approximate surface area is 183 Å². The minimum atomic E-state index is -0.978. The number of carboxylic acid groups (broad SMARTS) is 1. The van der Waals surface area contributed by atoms with Crippen LogP contribution >= 0.6 is 24.0 Å². The predicted molar refractivity (Wildman–Crippen MR) is 120 cm³/mol. The van der Waals surface area contributed by atoms with Crippen LogP contribution in [-0.2, 0) is 17.6 Å². The number of aromatic hydroxyl groups is 1. The van der Waals surface area contributed by atoms with E-state index in [4.69, 9.17) is 22.4 Å². The third-order valence-corrected chi connectivity index (χ3v) is 5.02. The number of nitrogens with one attached hydrogen (secondary N) is 1. The molecule has 6 nitrogen and oxygen atoms in total. The molecule has 154 valence electrons. The van der Waals surface area contributed by atoms with Crippen molar-refractivity contribution in [2.45, 2.75) is 12.8 Å². The molecule has 0 spiro atoms. The zero-order valence-corrected chi connectivity index (χ0v) is 17.3. The van der Waals surface area contributed by atoms with Gasteiger partial charge in [-0.1, -0.05) is 41.9 Å². The van der Waals surface area contributed by atoms with E-state index < -0.39 is 5.97 Å². The lowest BCUT2D eigenvalue weighted by molar-refractivity contribution is -0.136. The van der Waals surface area contributed by atoms with E-state index in [1.54, 1.807) is 12.1 Å². The van der Waals surface area contributed by atoms with Gasteiger partial charge in [-0.05, 0) is 35.4 Å². The van der Waals surface area contributed by atoms with Gasteiger partial charge in [0.2, 0.25) is 0 Å². The number of pyridine rings is 1. The molecule has 8 heteroatoms. The lowest BCUT2D eigenvalue weighted by Gasteiger charge is -2.11. The molecule has 0 saturated heterocycles. The van der Waals surface area contributed by atoms with Crippen molar-refractivity contribution in [2.24, 2.45) is 0 Å². The van der Waals surface area contributed by atoms with Crippen molar-refractivity contribution in [3.63, 3.8) is 0 Å². The number of anilines is 1. The van der Waals surface area contributed by atoms with Crippen LogP contribution in [0.4, 0.5) is 5.82 Å². The van der Waals surface area contributed by atoms with Gasteiger partial charge in [-0.25, -0.2) is 4.98 Å². The Balaban J connectivity index is 0.00000256. The molecule has 0 aliphatic heterocycles. The molecule has 0 saturated carbocycles. The maximum Gasteiger partial charge on any atom is 0.307 e. The number of carbonyl (C=O) groups is 1. The van der Waals surface area contributed by atoms with Crippen LogP contribution in [0.5, 0.6) is 5.75 Å². The zero-order chi connectivity index (χ0) is 20.5. The number of fused-ring (bicyclic) bond motifs is 1. The Kier molecular flexibility index (Phi) is 6.20. The monoisotopic (exact) mass is 443 g/mol. The first-order chi connectivity index (χ1) is 13.9. The summed E-state index contributed by atoms with van der Waals surface area (Å²) in [6.07, 6.45) is 0.347. The molecular weight excluding hydrogens is 425 g/mol. The van der Waals surface area contributed by atoms with Crippen LogP contribution in [0.2, 0.25) is 5.02 Å². The second-order valence-electron chi connectivity index (χ2n) is 6.82. The first-order valence-electron chi connectivity index (χ1n) is 8.97. The van der Waals surface area contributed by atoms with E-state index in [0.717, 1.165) is 16.6 Å². The number of nitrogens with zero attached hydrogens (tertiary/aromatic N) is 1. The smallest absolute Gasteiger partial charge is 0.307 e. The summed E-state index contributed by atoms with van der Waals surface area (Å²) in [4.78, 5) is 18.9. The van der Waals surface area contributed by atoms with E-state index in [9.17, 15) is 9.90 Å². The summed E-state index contributed by atoms with van der Waals surface area (Å²) >= 11 is 6.20. The molecule has 0 aliphatic carbocycles. The lowest BCUT2D eigenvalue weighted by Crippen LogP contribution is -2.01. The van der Waals surface area contributed by atoms with Crippen LogP contribution in [0.25, 0.3) is 22.3 Å². The van der Waals surface area contributed by atoms with Crippen molar-refractivity contribution < 1.29 is 15.0 Å². The minimum Gasteiger partial charge on any atom is -0.506 e. The predicted octanol–water partition coefficient (Wildman–Crippen LogP) is 4.81. The van der Waals surface area contributed by atoms with Gasteiger partial charge in [0, 0.05) is 17.5 Å². The lowest BCUT2D eigenvalue weighted by atomic mass is 9.98. The van der Waals surface area contributed by atoms with Gasteiger partial charge in [-0.2, -0.15) is 0 Å². The molecule has 0 atom stereocenters. The molecule has 0 bridgehead atoms. The number of hydrogen-bond donors (Lipinski definition) is 4. The quantitative estimate of drug-likeness (QED) is 0.353. The molecule has 0 radical (unpaired) electrons. The second-order valence-corrected chi connectivity index (χ2v) is 7.22. The number of phenols is 1. The number of rotatable bonds is 5. The fourth-order valence-electron chi connectivity index (χ4n) is 3.46. The number of aromatic amines is 1. The fraction of sp³-hybridized carbons (Fsp3) is 0.0909. The SMILES string of the molecule is Cl.Nc1ccc2[nH]c(-c3cc(CC(=O)O)cc(Cl)c3O)c(Cc3ccccc3)c2n1. The molecule has 0 aliphatic rings. The number of aromatic nitrogens is 2. The van der Waals surface area contributed by atoms with Gasteiger partial charge in [-0.15, -0.1) is 12.4 Å². The zero-order valence-electron chi connectivity index (χ0n) is 15.7. The number of phenolic OH excluding ortho intramolecular Hbond substituents is 1. The van der Waals surface area contributed by atoms with Gasteiger partial charge in [0.25, 0.3) is 0 Å². The van der Waals surface area contributed by atoms with Gasteiger partial charge in [-0.3, -0.25) is 4.79 Å². The summed E-state index contributed by atoms with van der Waals surface area (Å²) in [5.74, 6) is -0.706. The summed E-state index contributed by atoms with van der Waals surface area (Å²) in [6.45, 7) is 0. The largest absolute Gasteiger partial charge is 0.506 e. The first kappa shape index (κ1) is 21.5. The Bertz CT molecular complexity index is 1220. The number of nitrogens with two attached hydrogens (primary N) is 1. The maximum atomic E-state index is 11.2. The highest BCUT2D eigenvalue weighted by molar-refractivity contribution is 6.32. The molecule has 2 aromatic heterocycles. The highest BCUT2D eigenvalue weighted by atomic mass is 35.5. The summed E-state index contributed by atoms with van der Waals surface area (Å²) in [7, 11) is 0.